The number of carbonyl (C=O) groups excluding carboxylic acids is 2. The fourth-order valence-electron chi connectivity index (χ4n) is 3.67. The van der Waals surface area contributed by atoms with Crippen molar-refractivity contribution in [2.45, 2.75) is 37.3 Å². The van der Waals surface area contributed by atoms with Crippen LogP contribution in [0.3, 0.4) is 0 Å². The molecule has 2 rings (SSSR count). The summed E-state index contributed by atoms with van der Waals surface area (Å²) < 4.78 is 10.9. The molecule has 0 aromatic heterocycles. The molecule has 0 amide bonds. The first-order valence-corrected chi connectivity index (χ1v) is 10.6. The summed E-state index contributed by atoms with van der Waals surface area (Å²) in [5.41, 5.74) is -3.91. The van der Waals surface area contributed by atoms with E-state index in [0.717, 1.165) is 4.46 Å². The monoisotopic (exact) mass is 430 g/mol. The van der Waals surface area contributed by atoms with E-state index in [-0.39, 0.29) is 21.7 Å². The first-order valence-electron chi connectivity index (χ1n) is 8.50. The van der Waals surface area contributed by atoms with E-state index in [2.05, 4.69) is 0 Å². The summed E-state index contributed by atoms with van der Waals surface area (Å²) in [6, 6.07) is 9.67. The molecular weight excluding hydrogens is 403 g/mol. The minimum atomic E-state index is -2.02. The average Bonchev–Trinajstić information content (AvgIpc) is 2.77. The molecule has 0 spiro atoms. The number of hydrogen-bond acceptors (Lipinski definition) is 6. The van der Waals surface area contributed by atoms with Gasteiger partial charge in [0.2, 0.25) is 0 Å². The molecular formula is C19H26O6Se. The maximum atomic E-state index is 12.9. The van der Waals surface area contributed by atoms with Gasteiger partial charge in [-0.05, 0) is 0 Å². The number of ether oxygens (including phenoxy) is 2. The summed E-state index contributed by atoms with van der Waals surface area (Å²) >= 11 is -0.0836. The van der Waals surface area contributed by atoms with E-state index in [4.69, 9.17) is 9.47 Å². The van der Waals surface area contributed by atoms with Gasteiger partial charge in [-0.1, -0.05) is 0 Å². The zero-order chi connectivity index (χ0) is 19.5. The molecule has 0 aliphatic heterocycles. The molecule has 0 heterocycles. The number of aliphatic hydroxyl groups is 2. The number of methoxy groups -OCH3 is 1. The van der Waals surface area contributed by atoms with Gasteiger partial charge in [-0.2, -0.15) is 0 Å². The van der Waals surface area contributed by atoms with Gasteiger partial charge >= 0.3 is 160 Å². The third kappa shape index (κ3) is 3.59. The Morgan fingerprint density at radius 2 is 1.88 bits per heavy atom. The van der Waals surface area contributed by atoms with Gasteiger partial charge in [-0.3, -0.25) is 0 Å². The Hall–Kier alpha value is -1.24. The van der Waals surface area contributed by atoms with E-state index in [0.29, 0.717) is 5.32 Å². The summed E-state index contributed by atoms with van der Waals surface area (Å²) in [6.45, 7) is 4.39. The number of esters is 1. The molecule has 7 heteroatoms. The van der Waals surface area contributed by atoms with Crippen molar-refractivity contribution >= 4 is 31.2 Å². The molecule has 0 saturated heterocycles. The summed E-state index contributed by atoms with van der Waals surface area (Å²) in [6.07, 6.45) is 0. The van der Waals surface area contributed by atoms with Crippen LogP contribution in [0.4, 0.5) is 0 Å². The first-order chi connectivity index (χ1) is 12.2. The Labute approximate surface area is 160 Å². The number of hydrogen-bond donors (Lipinski definition) is 2. The summed E-state index contributed by atoms with van der Waals surface area (Å²) in [5, 5.41) is 22.5. The van der Waals surface area contributed by atoms with Crippen LogP contribution in [0, 0.1) is 17.8 Å². The molecule has 144 valence electrons. The van der Waals surface area contributed by atoms with Crippen LogP contribution in [0.1, 0.15) is 20.8 Å². The quantitative estimate of drug-likeness (QED) is 0.373. The van der Waals surface area contributed by atoms with Crippen LogP contribution in [0.5, 0.6) is 0 Å². The zero-order valence-corrected chi connectivity index (χ0v) is 17.2. The van der Waals surface area contributed by atoms with Gasteiger partial charge in [0.1, 0.15) is 0 Å². The van der Waals surface area contributed by atoms with Crippen LogP contribution in [-0.2, 0) is 19.1 Å². The van der Waals surface area contributed by atoms with Gasteiger partial charge < -0.3 is 0 Å². The van der Waals surface area contributed by atoms with Crippen molar-refractivity contribution < 1.29 is 29.3 Å². The topological polar surface area (TPSA) is 93.1 Å². The molecule has 1 aromatic carbocycles. The number of rotatable bonds is 7. The van der Waals surface area contributed by atoms with Gasteiger partial charge in [-0.25, -0.2) is 0 Å². The predicted molar refractivity (Wildman–Crippen MR) is 97.0 cm³/mol. The van der Waals surface area contributed by atoms with Crippen LogP contribution in [0.2, 0.25) is 5.32 Å². The van der Waals surface area contributed by atoms with Gasteiger partial charge in [0.05, 0.1) is 0 Å². The first kappa shape index (κ1) is 21.1. The second-order valence-corrected chi connectivity index (χ2v) is 9.29. The van der Waals surface area contributed by atoms with E-state index >= 15 is 0 Å². The van der Waals surface area contributed by atoms with Crippen molar-refractivity contribution in [3.8, 4) is 0 Å². The summed E-state index contributed by atoms with van der Waals surface area (Å²) in [5.74, 6) is -3.68. The molecule has 0 unspecified atom stereocenters. The van der Waals surface area contributed by atoms with Crippen LogP contribution in [-0.4, -0.2) is 62.0 Å². The Morgan fingerprint density at radius 1 is 1.27 bits per heavy atom. The van der Waals surface area contributed by atoms with E-state index in [1.165, 1.54) is 14.0 Å². The molecule has 1 aliphatic carbocycles. The molecule has 4 atom stereocenters. The number of carbonyl (C=O) groups is 2. The van der Waals surface area contributed by atoms with Crippen LogP contribution in [0.15, 0.2) is 30.3 Å². The fourth-order valence-corrected chi connectivity index (χ4v) is 5.90. The standard InChI is InChI=1S/C19H26O6Se/c1-12(2)19(23)15(17(21)25-11-24-4)14(16(20)18(19,3)22)10-26-13-8-6-5-7-9-13/h5-9,12,14-15,22-23H,10-11H2,1-4H3/t14-,15-,18+,19-/m1/s1. The van der Waals surface area contributed by atoms with Crippen molar-refractivity contribution in [1.82, 2.24) is 0 Å². The molecule has 1 saturated carbocycles. The zero-order valence-electron chi connectivity index (χ0n) is 15.5. The molecule has 1 aromatic rings. The maximum absolute atomic E-state index is 12.9. The van der Waals surface area contributed by atoms with Crippen molar-refractivity contribution in [1.29, 1.82) is 0 Å². The SMILES string of the molecule is COCOC(=O)[C@H]1[C@@H](C[Se]c2ccccc2)C(=O)[C@](C)(O)[C@@]1(O)C(C)C. The molecule has 1 fully saturated rings. The summed E-state index contributed by atoms with van der Waals surface area (Å²) in [4.78, 5) is 25.6. The third-order valence-electron chi connectivity index (χ3n) is 5.10. The number of benzene rings is 1. The van der Waals surface area contributed by atoms with Gasteiger partial charge in [-0.15, -0.1) is 0 Å². The van der Waals surface area contributed by atoms with Crippen LogP contribution < -0.4 is 4.46 Å². The minimum absolute atomic E-state index is 0.0836. The molecule has 1 aliphatic rings. The molecule has 0 radical (unpaired) electrons. The normalized spacial score (nSPS) is 31.4. The second-order valence-electron chi connectivity index (χ2n) is 6.99. The van der Waals surface area contributed by atoms with E-state index < -0.39 is 40.7 Å². The molecule has 0 bridgehead atoms. The van der Waals surface area contributed by atoms with E-state index in [1.807, 2.05) is 30.3 Å². The Balaban J connectivity index is 2.35. The molecule has 2 N–H and O–H groups in total. The number of ketones is 1. The van der Waals surface area contributed by atoms with Crippen molar-refractivity contribution in [3.63, 3.8) is 0 Å². The Bertz CT molecular complexity index is 645. The Kier molecular flexibility index (Phi) is 6.64. The van der Waals surface area contributed by atoms with Crippen LogP contribution in [0.25, 0.3) is 0 Å². The van der Waals surface area contributed by atoms with E-state index in [9.17, 15) is 19.8 Å². The predicted octanol–water partition coefficient (Wildman–Crippen LogP) is 0.535. The number of Topliss-reactive ketones (excluding diaryl/α,β-unsaturated/α-hetero) is 1. The Morgan fingerprint density at radius 3 is 2.42 bits per heavy atom. The van der Waals surface area contributed by atoms with E-state index in [1.54, 1.807) is 13.8 Å². The average molecular weight is 429 g/mol. The van der Waals surface area contributed by atoms with Gasteiger partial charge in [0.25, 0.3) is 0 Å². The second kappa shape index (κ2) is 8.19. The van der Waals surface area contributed by atoms with Gasteiger partial charge in [0, 0.05) is 0 Å². The van der Waals surface area contributed by atoms with Gasteiger partial charge in [0.15, 0.2) is 0 Å². The van der Waals surface area contributed by atoms with Crippen molar-refractivity contribution in [2.24, 2.45) is 17.8 Å². The van der Waals surface area contributed by atoms with Crippen molar-refractivity contribution in [2.75, 3.05) is 13.9 Å². The third-order valence-corrected chi connectivity index (χ3v) is 7.47. The fraction of sp³-hybridized carbons (Fsp3) is 0.579. The molecule has 6 nitrogen and oxygen atoms in total. The van der Waals surface area contributed by atoms with Crippen LogP contribution >= 0.6 is 0 Å². The van der Waals surface area contributed by atoms with Crippen molar-refractivity contribution in [3.05, 3.63) is 30.3 Å². The molecule has 26 heavy (non-hydrogen) atoms. The summed E-state index contributed by atoms with van der Waals surface area (Å²) in [7, 11) is 1.38.